The van der Waals surface area contributed by atoms with Crippen LogP contribution in [0.25, 0.3) is 0 Å². The lowest BCUT2D eigenvalue weighted by molar-refractivity contribution is 0.0943. The van der Waals surface area contributed by atoms with Gasteiger partial charge in [0.15, 0.2) is 5.11 Å². The van der Waals surface area contributed by atoms with Crippen LogP contribution >= 0.6 is 12.2 Å². The smallest absolute Gasteiger partial charge is 0.269 e. The normalized spacial score (nSPS) is 9.76. The minimum atomic E-state index is -0.316. The fourth-order valence-electron chi connectivity index (χ4n) is 1.52. The highest BCUT2D eigenvalue weighted by atomic mass is 32.1. The number of pyridine rings is 1. The zero-order valence-electron chi connectivity index (χ0n) is 11.0. The van der Waals surface area contributed by atoms with Crippen LogP contribution in [-0.2, 0) is 6.54 Å². The molecule has 0 unspecified atom stereocenters. The molecule has 0 radical (unpaired) electrons. The number of hydrazine groups is 1. The van der Waals surface area contributed by atoms with Gasteiger partial charge in [-0.05, 0) is 42.0 Å². The van der Waals surface area contributed by atoms with Crippen LogP contribution in [-0.4, -0.2) is 16.0 Å². The first-order valence-corrected chi connectivity index (χ1v) is 6.54. The SMILES string of the molecule is O=C(NNC(=S)NCc1ccc(F)cc1)c1ccncc1. The Kier molecular flexibility index (Phi) is 5.16. The molecule has 1 heterocycles. The van der Waals surface area contributed by atoms with E-state index in [1.165, 1.54) is 24.5 Å². The number of hydrogen-bond donors (Lipinski definition) is 3. The molecule has 108 valence electrons. The van der Waals surface area contributed by atoms with Gasteiger partial charge in [-0.2, -0.15) is 0 Å². The van der Waals surface area contributed by atoms with Crippen molar-refractivity contribution in [1.29, 1.82) is 0 Å². The number of rotatable bonds is 3. The van der Waals surface area contributed by atoms with Crippen molar-refractivity contribution in [3.05, 3.63) is 65.7 Å². The number of carbonyl (C=O) groups is 1. The predicted molar refractivity (Wildman–Crippen MR) is 80.7 cm³/mol. The summed E-state index contributed by atoms with van der Waals surface area (Å²) in [6.07, 6.45) is 3.06. The molecule has 0 fully saturated rings. The molecule has 0 saturated carbocycles. The van der Waals surface area contributed by atoms with E-state index in [0.29, 0.717) is 12.1 Å². The highest BCUT2D eigenvalue weighted by Crippen LogP contribution is 2.01. The second kappa shape index (κ2) is 7.30. The van der Waals surface area contributed by atoms with Gasteiger partial charge in [0, 0.05) is 24.5 Å². The van der Waals surface area contributed by atoms with Crippen molar-refractivity contribution in [2.24, 2.45) is 0 Å². The molecule has 1 amide bonds. The van der Waals surface area contributed by atoms with Crippen LogP contribution in [0.2, 0.25) is 0 Å². The maximum atomic E-state index is 12.7. The van der Waals surface area contributed by atoms with E-state index in [0.717, 1.165) is 5.56 Å². The van der Waals surface area contributed by atoms with Crippen molar-refractivity contribution in [2.45, 2.75) is 6.54 Å². The topological polar surface area (TPSA) is 66.1 Å². The zero-order valence-corrected chi connectivity index (χ0v) is 11.8. The fourth-order valence-corrected chi connectivity index (χ4v) is 1.64. The Morgan fingerprint density at radius 3 is 2.43 bits per heavy atom. The maximum absolute atomic E-state index is 12.7. The first kappa shape index (κ1) is 14.9. The Labute approximate surface area is 126 Å². The molecule has 0 atom stereocenters. The van der Waals surface area contributed by atoms with E-state index in [1.54, 1.807) is 24.3 Å². The van der Waals surface area contributed by atoms with Crippen LogP contribution < -0.4 is 16.2 Å². The molecule has 0 saturated heterocycles. The number of halogens is 1. The summed E-state index contributed by atoms with van der Waals surface area (Å²) in [4.78, 5) is 15.6. The Bertz CT molecular complexity index is 619. The largest absolute Gasteiger partial charge is 0.357 e. The molecular formula is C14H13FN4OS. The van der Waals surface area contributed by atoms with Crippen LogP contribution in [0.1, 0.15) is 15.9 Å². The summed E-state index contributed by atoms with van der Waals surface area (Å²) in [7, 11) is 0. The third-order valence-corrected chi connectivity index (χ3v) is 2.84. The summed E-state index contributed by atoms with van der Waals surface area (Å²) in [6, 6.07) is 9.23. The van der Waals surface area contributed by atoms with Crippen LogP contribution in [0.5, 0.6) is 0 Å². The van der Waals surface area contributed by atoms with E-state index < -0.39 is 0 Å². The second-order valence-electron chi connectivity index (χ2n) is 4.12. The highest BCUT2D eigenvalue weighted by molar-refractivity contribution is 7.80. The van der Waals surface area contributed by atoms with Crippen molar-refractivity contribution in [3.8, 4) is 0 Å². The number of nitrogens with one attached hydrogen (secondary N) is 3. The summed E-state index contributed by atoms with van der Waals surface area (Å²) in [5, 5.41) is 3.16. The van der Waals surface area contributed by atoms with Gasteiger partial charge in [0.25, 0.3) is 5.91 Å². The maximum Gasteiger partial charge on any atom is 0.269 e. The molecular weight excluding hydrogens is 291 g/mol. The molecule has 21 heavy (non-hydrogen) atoms. The van der Waals surface area contributed by atoms with Gasteiger partial charge >= 0.3 is 0 Å². The summed E-state index contributed by atoms with van der Waals surface area (Å²) in [5.74, 6) is -0.604. The Hall–Kier alpha value is -2.54. The van der Waals surface area contributed by atoms with Crippen molar-refractivity contribution < 1.29 is 9.18 Å². The van der Waals surface area contributed by atoms with E-state index in [2.05, 4.69) is 21.2 Å². The molecule has 1 aromatic carbocycles. The van der Waals surface area contributed by atoms with Gasteiger partial charge < -0.3 is 5.32 Å². The molecule has 0 spiro atoms. The summed E-state index contributed by atoms with van der Waals surface area (Å²) in [6.45, 7) is 0.428. The lowest BCUT2D eigenvalue weighted by Gasteiger charge is -2.11. The minimum absolute atomic E-state index is 0.265. The standard InChI is InChI=1S/C14H13FN4OS/c15-12-3-1-10(2-4-12)9-17-14(21)19-18-13(20)11-5-7-16-8-6-11/h1-8H,9H2,(H,18,20)(H2,17,19,21). The van der Waals surface area contributed by atoms with Crippen molar-refractivity contribution in [3.63, 3.8) is 0 Å². The van der Waals surface area contributed by atoms with Gasteiger partial charge in [0.05, 0.1) is 0 Å². The number of benzene rings is 1. The van der Waals surface area contributed by atoms with Crippen LogP contribution in [0.4, 0.5) is 4.39 Å². The van der Waals surface area contributed by atoms with E-state index in [1.807, 2.05) is 0 Å². The van der Waals surface area contributed by atoms with E-state index >= 15 is 0 Å². The van der Waals surface area contributed by atoms with Crippen LogP contribution in [0, 0.1) is 5.82 Å². The van der Waals surface area contributed by atoms with Gasteiger partial charge in [-0.1, -0.05) is 12.1 Å². The van der Waals surface area contributed by atoms with Crippen LogP contribution in [0.15, 0.2) is 48.8 Å². The number of amides is 1. The van der Waals surface area contributed by atoms with E-state index in [9.17, 15) is 9.18 Å². The third kappa shape index (κ3) is 4.81. The summed E-state index contributed by atoms with van der Waals surface area (Å²) >= 11 is 5.02. The number of aromatic nitrogens is 1. The molecule has 5 nitrogen and oxygen atoms in total. The van der Waals surface area contributed by atoms with Gasteiger partial charge in [0.1, 0.15) is 5.82 Å². The van der Waals surface area contributed by atoms with Gasteiger partial charge in [-0.15, -0.1) is 0 Å². The second-order valence-corrected chi connectivity index (χ2v) is 4.53. The monoisotopic (exact) mass is 304 g/mol. The van der Waals surface area contributed by atoms with E-state index in [4.69, 9.17) is 12.2 Å². The van der Waals surface area contributed by atoms with Crippen molar-refractivity contribution >= 4 is 23.2 Å². The third-order valence-electron chi connectivity index (χ3n) is 2.60. The molecule has 0 aliphatic carbocycles. The number of hydrogen-bond acceptors (Lipinski definition) is 3. The number of thiocarbonyl (C=S) groups is 1. The zero-order chi connectivity index (χ0) is 15.1. The Balaban J connectivity index is 1.75. The first-order valence-electron chi connectivity index (χ1n) is 6.14. The molecule has 7 heteroatoms. The Morgan fingerprint density at radius 1 is 1.10 bits per heavy atom. The van der Waals surface area contributed by atoms with Gasteiger partial charge in [-0.3, -0.25) is 20.6 Å². The van der Waals surface area contributed by atoms with Crippen molar-refractivity contribution in [1.82, 2.24) is 21.2 Å². The van der Waals surface area contributed by atoms with Gasteiger partial charge in [0.2, 0.25) is 0 Å². The van der Waals surface area contributed by atoms with Crippen molar-refractivity contribution in [2.75, 3.05) is 0 Å². The highest BCUT2D eigenvalue weighted by Gasteiger charge is 2.04. The molecule has 1 aromatic heterocycles. The molecule has 0 bridgehead atoms. The first-order chi connectivity index (χ1) is 10.1. The van der Waals surface area contributed by atoms with E-state index in [-0.39, 0.29) is 16.8 Å². The van der Waals surface area contributed by atoms with Crippen LogP contribution in [0.3, 0.4) is 0 Å². The average Bonchev–Trinajstić information content (AvgIpc) is 2.53. The summed E-state index contributed by atoms with van der Waals surface area (Å²) in [5.41, 5.74) is 6.40. The molecule has 0 aliphatic heterocycles. The average molecular weight is 304 g/mol. The lowest BCUT2D eigenvalue weighted by Crippen LogP contribution is -2.46. The molecule has 3 N–H and O–H groups in total. The number of carbonyl (C=O) groups excluding carboxylic acids is 1. The molecule has 2 rings (SSSR count). The molecule has 2 aromatic rings. The predicted octanol–water partition coefficient (Wildman–Crippen LogP) is 1.53. The Morgan fingerprint density at radius 2 is 1.76 bits per heavy atom. The quantitative estimate of drug-likeness (QED) is 0.593. The summed E-state index contributed by atoms with van der Waals surface area (Å²) < 4.78 is 12.7. The lowest BCUT2D eigenvalue weighted by atomic mass is 10.2. The fraction of sp³-hybridized carbons (Fsp3) is 0.0714. The minimum Gasteiger partial charge on any atom is -0.357 e. The van der Waals surface area contributed by atoms with Gasteiger partial charge in [-0.25, -0.2) is 4.39 Å². The number of nitrogens with zero attached hydrogens (tertiary/aromatic N) is 1. The molecule has 0 aliphatic rings.